The second kappa shape index (κ2) is 7.93. The molecule has 1 heterocycles. The first kappa shape index (κ1) is 17.4. The third kappa shape index (κ3) is 4.16. The summed E-state index contributed by atoms with van der Waals surface area (Å²) in [6, 6.07) is 0. The highest BCUT2D eigenvalue weighted by atomic mass is 32.1. The zero-order valence-electron chi connectivity index (χ0n) is 13.1. The van der Waals surface area contributed by atoms with Crippen LogP contribution in [0.4, 0.5) is 0 Å². The lowest BCUT2D eigenvalue weighted by molar-refractivity contribution is -0.128. The van der Waals surface area contributed by atoms with Gasteiger partial charge in [-0.1, -0.05) is 33.0 Å². The second-order valence-corrected chi connectivity index (χ2v) is 6.42. The van der Waals surface area contributed by atoms with Gasteiger partial charge in [0.2, 0.25) is 5.91 Å². The van der Waals surface area contributed by atoms with E-state index in [0.717, 1.165) is 6.54 Å². The Hall–Kier alpha value is -0.680. The summed E-state index contributed by atoms with van der Waals surface area (Å²) >= 11 is 5.11. The number of nitrogens with two attached hydrogens (primary N) is 1. The van der Waals surface area contributed by atoms with Crippen LogP contribution in [0.3, 0.4) is 0 Å². The van der Waals surface area contributed by atoms with Gasteiger partial charge in [0, 0.05) is 13.1 Å². The number of amides is 1. The van der Waals surface area contributed by atoms with Crippen LogP contribution in [-0.4, -0.2) is 42.0 Å². The van der Waals surface area contributed by atoms with E-state index >= 15 is 0 Å². The highest BCUT2D eigenvalue weighted by molar-refractivity contribution is 7.80. The molecule has 1 fully saturated rings. The maximum Gasteiger partial charge on any atom is 0.233 e. The van der Waals surface area contributed by atoms with Crippen molar-refractivity contribution in [2.24, 2.45) is 17.1 Å². The number of nitrogens with zero attached hydrogens (tertiary/aromatic N) is 1. The molecule has 1 aliphatic heterocycles. The van der Waals surface area contributed by atoms with Crippen LogP contribution in [0, 0.1) is 11.3 Å². The van der Waals surface area contributed by atoms with Crippen molar-refractivity contribution in [2.45, 2.75) is 46.5 Å². The molecule has 0 radical (unpaired) electrons. The average Bonchev–Trinajstić information content (AvgIpc) is 2.91. The van der Waals surface area contributed by atoms with Gasteiger partial charge in [0.25, 0.3) is 0 Å². The minimum absolute atomic E-state index is 0.0109. The zero-order chi connectivity index (χ0) is 15.2. The Morgan fingerprint density at radius 1 is 1.35 bits per heavy atom. The first-order valence-electron chi connectivity index (χ1n) is 7.76. The first-order chi connectivity index (χ1) is 9.46. The molecule has 0 aromatic heterocycles. The molecule has 20 heavy (non-hydrogen) atoms. The van der Waals surface area contributed by atoms with Crippen molar-refractivity contribution in [1.82, 2.24) is 10.2 Å². The molecule has 1 rings (SSSR count). The summed E-state index contributed by atoms with van der Waals surface area (Å²) in [7, 11) is 0. The molecule has 0 aromatic carbocycles. The molecule has 3 N–H and O–H groups in total. The molecular formula is C15H29N3OS. The molecule has 5 heteroatoms. The lowest BCUT2D eigenvalue weighted by atomic mass is 9.81. The van der Waals surface area contributed by atoms with Crippen LogP contribution in [0.25, 0.3) is 0 Å². The monoisotopic (exact) mass is 299 g/mol. The molecule has 1 amide bonds. The van der Waals surface area contributed by atoms with Crippen LogP contribution in [0.1, 0.15) is 46.5 Å². The summed E-state index contributed by atoms with van der Waals surface area (Å²) in [5.41, 5.74) is 5.12. The number of rotatable bonds is 8. The Balaban J connectivity index is 2.46. The van der Waals surface area contributed by atoms with E-state index in [2.05, 4.69) is 17.1 Å². The van der Waals surface area contributed by atoms with Gasteiger partial charge in [-0.05, 0) is 44.7 Å². The van der Waals surface area contributed by atoms with Crippen LogP contribution in [-0.2, 0) is 4.79 Å². The van der Waals surface area contributed by atoms with E-state index in [1.165, 1.54) is 25.9 Å². The van der Waals surface area contributed by atoms with Gasteiger partial charge in [-0.25, -0.2) is 0 Å². The number of hydrogen-bond donors (Lipinski definition) is 2. The topological polar surface area (TPSA) is 58.4 Å². The van der Waals surface area contributed by atoms with Gasteiger partial charge in [-0.15, -0.1) is 0 Å². The maximum absolute atomic E-state index is 12.4. The van der Waals surface area contributed by atoms with Crippen LogP contribution in [0.2, 0.25) is 0 Å². The quantitative estimate of drug-likeness (QED) is 0.672. The van der Waals surface area contributed by atoms with E-state index < -0.39 is 5.41 Å². The molecule has 1 saturated heterocycles. The maximum atomic E-state index is 12.4. The number of carbonyl (C=O) groups excluding carboxylic acids is 1. The van der Waals surface area contributed by atoms with Gasteiger partial charge in [0.1, 0.15) is 0 Å². The Morgan fingerprint density at radius 3 is 2.35 bits per heavy atom. The van der Waals surface area contributed by atoms with Crippen molar-refractivity contribution in [2.75, 3.05) is 26.2 Å². The van der Waals surface area contributed by atoms with Gasteiger partial charge in [-0.2, -0.15) is 0 Å². The van der Waals surface area contributed by atoms with Crippen LogP contribution in [0.5, 0.6) is 0 Å². The second-order valence-electron chi connectivity index (χ2n) is 5.98. The molecule has 0 aliphatic carbocycles. The van der Waals surface area contributed by atoms with Gasteiger partial charge in [-0.3, -0.25) is 4.79 Å². The highest BCUT2D eigenvalue weighted by Crippen LogP contribution is 2.27. The fourth-order valence-electron chi connectivity index (χ4n) is 2.94. The number of likely N-dealkylation sites (tertiary alicyclic amines) is 1. The predicted molar refractivity (Wildman–Crippen MR) is 87.6 cm³/mol. The van der Waals surface area contributed by atoms with Gasteiger partial charge in [0.05, 0.1) is 10.4 Å². The molecule has 1 atom stereocenters. The summed E-state index contributed by atoms with van der Waals surface area (Å²) in [4.78, 5) is 15.2. The predicted octanol–water partition coefficient (Wildman–Crippen LogP) is 1.93. The third-order valence-electron chi connectivity index (χ3n) is 4.49. The Morgan fingerprint density at radius 2 is 1.90 bits per heavy atom. The van der Waals surface area contributed by atoms with Crippen molar-refractivity contribution >= 4 is 23.1 Å². The van der Waals surface area contributed by atoms with Crippen molar-refractivity contribution in [1.29, 1.82) is 0 Å². The number of nitrogens with one attached hydrogen (secondary N) is 1. The lowest BCUT2D eigenvalue weighted by Gasteiger charge is -2.30. The van der Waals surface area contributed by atoms with E-state index in [0.29, 0.717) is 30.3 Å². The van der Waals surface area contributed by atoms with E-state index in [1.54, 1.807) is 0 Å². The first-order valence-corrected chi connectivity index (χ1v) is 8.17. The largest absolute Gasteiger partial charge is 0.392 e. The van der Waals surface area contributed by atoms with E-state index in [9.17, 15) is 4.79 Å². The fraction of sp³-hybridized carbons (Fsp3) is 0.867. The standard InChI is InChI=1S/C15H29N3OS/c1-4-15(5-2,13(16)20)14(19)17-10-12(3)11-18-8-6-7-9-18/h12H,4-11H2,1-3H3,(H2,16,20)(H,17,19). The van der Waals surface area contributed by atoms with Gasteiger partial charge >= 0.3 is 0 Å². The summed E-state index contributed by atoms with van der Waals surface area (Å²) < 4.78 is 0. The van der Waals surface area contributed by atoms with Crippen molar-refractivity contribution in [3.63, 3.8) is 0 Å². The zero-order valence-corrected chi connectivity index (χ0v) is 13.9. The fourth-order valence-corrected chi connectivity index (χ4v) is 3.32. The normalized spacial score (nSPS) is 17.9. The van der Waals surface area contributed by atoms with Gasteiger partial charge in [0.15, 0.2) is 0 Å². The van der Waals surface area contributed by atoms with Crippen LogP contribution < -0.4 is 11.1 Å². The molecule has 116 valence electrons. The Kier molecular flexibility index (Phi) is 6.89. The van der Waals surface area contributed by atoms with Crippen molar-refractivity contribution in [3.8, 4) is 0 Å². The SMILES string of the molecule is CCC(CC)(C(=O)NCC(C)CN1CCCC1)C(N)=S. The van der Waals surface area contributed by atoms with Crippen molar-refractivity contribution in [3.05, 3.63) is 0 Å². The van der Waals surface area contributed by atoms with E-state index in [-0.39, 0.29) is 5.91 Å². The third-order valence-corrected chi connectivity index (χ3v) is 4.88. The molecule has 1 aliphatic rings. The summed E-state index contributed by atoms with van der Waals surface area (Å²) in [5, 5.41) is 3.05. The lowest BCUT2D eigenvalue weighted by Crippen LogP contribution is -2.49. The van der Waals surface area contributed by atoms with Crippen LogP contribution >= 0.6 is 12.2 Å². The summed E-state index contributed by atoms with van der Waals surface area (Å²) in [6.07, 6.45) is 3.92. The van der Waals surface area contributed by atoms with Crippen molar-refractivity contribution < 1.29 is 4.79 Å². The molecule has 4 nitrogen and oxygen atoms in total. The number of hydrogen-bond acceptors (Lipinski definition) is 3. The average molecular weight is 299 g/mol. The van der Waals surface area contributed by atoms with Crippen LogP contribution in [0.15, 0.2) is 0 Å². The van der Waals surface area contributed by atoms with E-state index in [4.69, 9.17) is 18.0 Å². The minimum Gasteiger partial charge on any atom is -0.392 e. The van der Waals surface area contributed by atoms with E-state index in [1.807, 2.05) is 13.8 Å². The Labute approximate surface area is 128 Å². The minimum atomic E-state index is -0.678. The molecular weight excluding hydrogens is 270 g/mol. The van der Waals surface area contributed by atoms with Gasteiger partial charge < -0.3 is 16.0 Å². The molecule has 0 spiro atoms. The molecule has 1 unspecified atom stereocenters. The summed E-state index contributed by atoms with van der Waals surface area (Å²) in [5.74, 6) is 0.443. The molecule has 0 saturated carbocycles. The summed E-state index contributed by atoms with van der Waals surface area (Å²) in [6.45, 7) is 10.3. The Bertz CT molecular complexity index is 336. The highest BCUT2D eigenvalue weighted by Gasteiger charge is 2.37. The number of thiocarbonyl (C=S) groups is 1. The molecule has 0 bridgehead atoms. The number of carbonyl (C=O) groups is 1. The molecule has 0 aromatic rings. The smallest absolute Gasteiger partial charge is 0.233 e.